The highest BCUT2D eigenvalue weighted by Crippen LogP contribution is 2.49. The number of benzene rings is 4. The summed E-state index contributed by atoms with van der Waals surface area (Å²) >= 11 is 0. The van der Waals surface area contributed by atoms with Gasteiger partial charge in [-0.1, -0.05) is 78.9 Å². The summed E-state index contributed by atoms with van der Waals surface area (Å²) in [7, 11) is 0. The topological polar surface area (TPSA) is 22.1 Å². The molecular weight excluding hydrogens is 354 g/mol. The van der Waals surface area contributed by atoms with E-state index < -0.39 is 0 Å². The molecule has 0 saturated carbocycles. The van der Waals surface area contributed by atoms with Crippen LogP contribution in [0.4, 0.5) is 0 Å². The molecule has 0 amide bonds. The molecule has 2 heterocycles. The van der Waals surface area contributed by atoms with Gasteiger partial charge < -0.3 is 4.74 Å². The smallest absolute Gasteiger partial charge is 0.144 e. The fourth-order valence-corrected chi connectivity index (χ4v) is 4.12. The molecule has 0 atom stereocenters. The molecule has 1 aliphatic heterocycles. The average molecular weight is 371 g/mol. The highest BCUT2D eigenvalue weighted by atomic mass is 16.5. The lowest BCUT2D eigenvalue weighted by Gasteiger charge is -2.14. The van der Waals surface area contributed by atoms with E-state index in [4.69, 9.17) is 9.72 Å². The fraction of sp³-hybridized carbons (Fsp3) is 0. The number of fused-ring (bicyclic) bond motifs is 6. The quantitative estimate of drug-likeness (QED) is 0.302. The van der Waals surface area contributed by atoms with Crippen LogP contribution in [0.5, 0.6) is 11.5 Å². The Bertz CT molecular complexity index is 1390. The largest absolute Gasteiger partial charge is 0.455 e. The van der Waals surface area contributed by atoms with Crippen LogP contribution in [0.1, 0.15) is 0 Å². The van der Waals surface area contributed by atoms with Crippen molar-refractivity contribution in [1.29, 1.82) is 0 Å². The minimum absolute atomic E-state index is 0.854. The van der Waals surface area contributed by atoms with Gasteiger partial charge in [-0.25, -0.2) is 4.98 Å². The Hall–Kier alpha value is -3.91. The average Bonchev–Trinajstić information content (AvgIpc) is 2.93. The maximum absolute atomic E-state index is 6.54. The Morgan fingerprint density at radius 3 is 2.03 bits per heavy atom. The predicted octanol–water partition coefficient (Wildman–Crippen LogP) is 7.34. The second-order valence-electron chi connectivity index (χ2n) is 7.22. The molecule has 1 aromatic heterocycles. The third kappa shape index (κ3) is 2.54. The van der Waals surface area contributed by atoms with E-state index in [1.165, 1.54) is 11.1 Å². The van der Waals surface area contributed by atoms with Crippen molar-refractivity contribution in [2.24, 2.45) is 0 Å². The molecular formula is C27H17NO. The molecule has 4 aromatic carbocycles. The van der Waals surface area contributed by atoms with Crippen LogP contribution in [0.25, 0.3) is 44.4 Å². The number of aromatic nitrogens is 1. The first kappa shape index (κ1) is 16.1. The standard InChI is InChI=1S/C27H17NO/c1-5-14-24-18(8-1)16-17-25(28-24)23-13-7-12-22-20-10-3-2-9-19(20)21-11-4-6-15-26(21)29-27(22)23/h1-17H. The van der Waals surface area contributed by atoms with Gasteiger partial charge in [0.05, 0.1) is 11.2 Å². The summed E-state index contributed by atoms with van der Waals surface area (Å²) in [5, 5.41) is 1.13. The number of rotatable bonds is 1. The van der Waals surface area contributed by atoms with Crippen molar-refractivity contribution in [1.82, 2.24) is 4.98 Å². The molecule has 0 fully saturated rings. The van der Waals surface area contributed by atoms with Crippen LogP contribution in [-0.4, -0.2) is 4.98 Å². The summed E-state index contributed by atoms with van der Waals surface area (Å²) in [4.78, 5) is 4.92. The first-order valence-electron chi connectivity index (χ1n) is 9.74. The van der Waals surface area contributed by atoms with Gasteiger partial charge in [0.25, 0.3) is 0 Å². The highest BCUT2D eigenvalue weighted by molar-refractivity contribution is 5.94. The maximum atomic E-state index is 6.54. The first-order chi connectivity index (χ1) is 14.4. The van der Waals surface area contributed by atoms with E-state index in [2.05, 4.69) is 72.8 Å². The van der Waals surface area contributed by atoms with Crippen molar-refractivity contribution < 1.29 is 4.74 Å². The molecule has 136 valence electrons. The Morgan fingerprint density at radius 1 is 0.483 bits per heavy atom. The Morgan fingerprint density at radius 2 is 1.14 bits per heavy atom. The number of para-hydroxylation sites is 3. The van der Waals surface area contributed by atoms with E-state index in [1.54, 1.807) is 0 Å². The van der Waals surface area contributed by atoms with Crippen molar-refractivity contribution in [3.63, 3.8) is 0 Å². The maximum Gasteiger partial charge on any atom is 0.144 e. The monoisotopic (exact) mass is 371 g/mol. The summed E-state index contributed by atoms with van der Waals surface area (Å²) in [6, 6.07) is 35.4. The van der Waals surface area contributed by atoms with Gasteiger partial charge in [-0.15, -0.1) is 0 Å². The van der Waals surface area contributed by atoms with E-state index in [0.717, 1.165) is 44.8 Å². The molecule has 5 aromatic rings. The van der Waals surface area contributed by atoms with Crippen molar-refractivity contribution in [2.75, 3.05) is 0 Å². The van der Waals surface area contributed by atoms with Crippen LogP contribution in [-0.2, 0) is 0 Å². The summed E-state index contributed by atoms with van der Waals surface area (Å²) in [5.74, 6) is 1.72. The minimum Gasteiger partial charge on any atom is -0.455 e. The lowest BCUT2D eigenvalue weighted by atomic mass is 9.93. The van der Waals surface area contributed by atoms with Crippen LogP contribution in [0, 0.1) is 0 Å². The van der Waals surface area contributed by atoms with E-state index >= 15 is 0 Å². The lowest BCUT2D eigenvalue weighted by molar-refractivity contribution is 0.489. The van der Waals surface area contributed by atoms with Gasteiger partial charge in [0, 0.05) is 22.1 Å². The van der Waals surface area contributed by atoms with Gasteiger partial charge in [0.1, 0.15) is 11.5 Å². The first-order valence-corrected chi connectivity index (χ1v) is 9.74. The molecule has 2 nitrogen and oxygen atoms in total. The molecule has 0 N–H and O–H groups in total. The molecule has 0 saturated heterocycles. The Kier molecular flexibility index (Phi) is 3.50. The highest BCUT2D eigenvalue weighted by Gasteiger charge is 2.23. The van der Waals surface area contributed by atoms with Gasteiger partial charge in [0.15, 0.2) is 0 Å². The lowest BCUT2D eigenvalue weighted by Crippen LogP contribution is -1.92. The normalized spacial score (nSPS) is 11.7. The number of hydrogen-bond acceptors (Lipinski definition) is 2. The molecule has 0 bridgehead atoms. The third-order valence-corrected chi connectivity index (χ3v) is 5.50. The Balaban J connectivity index is 1.65. The summed E-state index contributed by atoms with van der Waals surface area (Å²) < 4.78 is 6.54. The molecule has 6 rings (SSSR count). The molecule has 0 unspecified atom stereocenters. The second kappa shape index (κ2) is 6.32. The van der Waals surface area contributed by atoms with E-state index in [1.807, 2.05) is 30.3 Å². The fourth-order valence-electron chi connectivity index (χ4n) is 4.12. The number of nitrogens with zero attached hydrogens (tertiary/aromatic N) is 1. The third-order valence-electron chi connectivity index (χ3n) is 5.50. The summed E-state index contributed by atoms with van der Waals surface area (Å²) in [5.41, 5.74) is 7.45. The van der Waals surface area contributed by atoms with Crippen LogP contribution in [0.3, 0.4) is 0 Å². The van der Waals surface area contributed by atoms with Gasteiger partial charge in [-0.2, -0.15) is 0 Å². The zero-order valence-electron chi connectivity index (χ0n) is 15.7. The SMILES string of the molecule is c1ccc2c(c1)Oc1c(-c3ccc4ccccc4n3)cccc1-c1ccccc1-2. The molecule has 0 aliphatic carbocycles. The zero-order chi connectivity index (χ0) is 19.2. The van der Waals surface area contributed by atoms with Gasteiger partial charge >= 0.3 is 0 Å². The predicted molar refractivity (Wildman–Crippen MR) is 118 cm³/mol. The summed E-state index contributed by atoms with van der Waals surface area (Å²) in [6.45, 7) is 0. The van der Waals surface area contributed by atoms with E-state index in [9.17, 15) is 0 Å². The van der Waals surface area contributed by atoms with Crippen molar-refractivity contribution >= 4 is 10.9 Å². The second-order valence-corrected chi connectivity index (χ2v) is 7.22. The molecule has 2 heteroatoms. The van der Waals surface area contributed by atoms with Crippen LogP contribution in [0.15, 0.2) is 103 Å². The van der Waals surface area contributed by atoms with Gasteiger partial charge in [-0.3, -0.25) is 0 Å². The van der Waals surface area contributed by atoms with Gasteiger partial charge in [0.2, 0.25) is 0 Å². The zero-order valence-corrected chi connectivity index (χ0v) is 15.7. The van der Waals surface area contributed by atoms with Crippen molar-refractivity contribution in [3.8, 4) is 45.0 Å². The minimum atomic E-state index is 0.854. The van der Waals surface area contributed by atoms with Crippen molar-refractivity contribution in [2.45, 2.75) is 0 Å². The molecule has 0 radical (unpaired) electrons. The summed E-state index contributed by atoms with van der Waals surface area (Å²) in [6.07, 6.45) is 0. The Labute approximate surface area is 169 Å². The molecule has 29 heavy (non-hydrogen) atoms. The number of ether oxygens (including phenoxy) is 1. The van der Waals surface area contributed by atoms with E-state index in [0.29, 0.717) is 0 Å². The van der Waals surface area contributed by atoms with Crippen LogP contribution < -0.4 is 4.74 Å². The van der Waals surface area contributed by atoms with Crippen molar-refractivity contribution in [3.05, 3.63) is 103 Å². The van der Waals surface area contributed by atoms with Crippen LogP contribution in [0.2, 0.25) is 0 Å². The van der Waals surface area contributed by atoms with E-state index in [-0.39, 0.29) is 0 Å². The molecule has 1 aliphatic rings. The van der Waals surface area contributed by atoms with Crippen LogP contribution >= 0.6 is 0 Å². The van der Waals surface area contributed by atoms with Gasteiger partial charge in [-0.05, 0) is 35.4 Å². The number of pyridine rings is 1. The number of hydrogen-bond donors (Lipinski definition) is 0. The molecule has 0 spiro atoms.